The molecular formula is C17H18FNO4. The van der Waals surface area contributed by atoms with E-state index in [1.807, 2.05) is 24.3 Å². The molecule has 0 atom stereocenters. The Balaban J connectivity index is 2.04. The number of carbonyl (C=O) groups is 1. The number of hydrogen-bond acceptors (Lipinski definition) is 4. The molecule has 2 N–H and O–H groups in total. The minimum Gasteiger partial charge on any atom is -0.497 e. The van der Waals surface area contributed by atoms with Gasteiger partial charge in [-0.3, -0.25) is 4.79 Å². The molecule has 0 aliphatic rings. The molecule has 0 radical (unpaired) electrons. The number of rotatable bonds is 8. The third kappa shape index (κ3) is 4.43. The lowest BCUT2D eigenvalue weighted by atomic mass is 10.1. The molecule has 122 valence electrons. The molecular weight excluding hydrogens is 301 g/mol. The summed E-state index contributed by atoms with van der Waals surface area (Å²) in [6.45, 7) is -0.513. The SMILES string of the molecule is COc1ccc(COCc2cccc(OCF)c2C(N)=O)cc1. The van der Waals surface area contributed by atoms with Crippen molar-refractivity contribution in [2.45, 2.75) is 13.2 Å². The zero-order chi connectivity index (χ0) is 16.7. The van der Waals surface area contributed by atoms with Crippen LogP contribution in [0, 0.1) is 0 Å². The van der Waals surface area contributed by atoms with Crippen LogP contribution in [-0.2, 0) is 18.0 Å². The number of nitrogens with two attached hydrogens (primary N) is 1. The van der Waals surface area contributed by atoms with Crippen LogP contribution in [-0.4, -0.2) is 19.9 Å². The monoisotopic (exact) mass is 319 g/mol. The fraction of sp³-hybridized carbons (Fsp3) is 0.235. The van der Waals surface area contributed by atoms with E-state index in [9.17, 15) is 9.18 Å². The van der Waals surface area contributed by atoms with Gasteiger partial charge in [-0.25, -0.2) is 4.39 Å². The molecule has 23 heavy (non-hydrogen) atoms. The van der Waals surface area contributed by atoms with Crippen LogP contribution in [0.15, 0.2) is 42.5 Å². The Hall–Kier alpha value is -2.60. The lowest BCUT2D eigenvalue weighted by molar-refractivity contribution is 0.0955. The van der Waals surface area contributed by atoms with E-state index in [0.717, 1.165) is 11.3 Å². The maximum Gasteiger partial charge on any atom is 0.252 e. The summed E-state index contributed by atoms with van der Waals surface area (Å²) < 4.78 is 27.9. The van der Waals surface area contributed by atoms with Gasteiger partial charge in [0.25, 0.3) is 5.91 Å². The maximum absolute atomic E-state index is 12.4. The molecule has 0 saturated carbocycles. The first kappa shape index (κ1) is 16.8. The summed E-state index contributed by atoms with van der Waals surface area (Å²) >= 11 is 0. The van der Waals surface area contributed by atoms with Gasteiger partial charge in [0.2, 0.25) is 6.86 Å². The van der Waals surface area contributed by atoms with Gasteiger partial charge in [0.15, 0.2) is 0 Å². The fourth-order valence-corrected chi connectivity index (χ4v) is 2.16. The van der Waals surface area contributed by atoms with Gasteiger partial charge in [-0.15, -0.1) is 0 Å². The number of amides is 1. The lowest BCUT2D eigenvalue weighted by Gasteiger charge is -2.12. The van der Waals surface area contributed by atoms with Crippen molar-refractivity contribution in [1.29, 1.82) is 0 Å². The van der Waals surface area contributed by atoms with Crippen molar-refractivity contribution >= 4 is 5.91 Å². The molecule has 0 aliphatic carbocycles. The molecule has 0 unspecified atom stereocenters. The molecule has 0 aliphatic heterocycles. The van der Waals surface area contributed by atoms with Gasteiger partial charge in [0.1, 0.15) is 11.5 Å². The van der Waals surface area contributed by atoms with Crippen molar-refractivity contribution < 1.29 is 23.4 Å². The van der Waals surface area contributed by atoms with E-state index in [2.05, 4.69) is 0 Å². The van der Waals surface area contributed by atoms with Gasteiger partial charge in [-0.05, 0) is 29.3 Å². The molecule has 0 fully saturated rings. The molecule has 0 spiro atoms. The van der Waals surface area contributed by atoms with Gasteiger partial charge >= 0.3 is 0 Å². The van der Waals surface area contributed by atoms with Gasteiger partial charge in [-0.1, -0.05) is 24.3 Å². The number of alkyl halides is 1. The van der Waals surface area contributed by atoms with Crippen LogP contribution in [0.25, 0.3) is 0 Å². The number of hydrogen-bond donors (Lipinski definition) is 1. The number of halogens is 1. The number of carbonyl (C=O) groups excluding carboxylic acids is 1. The van der Waals surface area contributed by atoms with E-state index < -0.39 is 12.8 Å². The van der Waals surface area contributed by atoms with Crippen molar-refractivity contribution in [3.8, 4) is 11.5 Å². The van der Waals surface area contributed by atoms with E-state index in [0.29, 0.717) is 12.2 Å². The number of benzene rings is 2. The summed E-state index contributed by atoms with van der Waals surface area (Å²) in [6.07, 6.45) is 0. The smallest absolute Gasteiger partial charge is 0.252 e. The normalized spacial score (nSPS) is 10.3. The molecule has 0 aromatic heterocycles. The Morgan fingerprint density at radius 1 is 1.13 bits per heavy atom. The van der Waals surface area contributed by atoms with E-state index >= 15 is 0 Å². The van der Waals surface area contributed by atoms with E-state index in [-0.39, 0.29) is 17.9 Å². The van der Waals surface area contributed by atoms with Crippen LogP contribution in [0.5, 0.6) is 11.5 Å². The number of methoxy groups -OCH3 is 1. The van der Waals surface area contributed by atoms with E-state index in [1.54, 1.807) is 19.2 Å². The molecule has 2 rings (SSSR count). The Kier molecular flexibility index (Phi) is 5.94. The minimum atomic E-state index is -1.03. The zero-order valence-corrected chi connectivity index (χ0v) is 12.8. The number of ether oxygens (including phenoxy) is 3. The predicted octanol–water partition coefficient (Wildman–Crippen LogP) is 2.82. The highest BCUT2D eigenvalue weighted by Crippen LogP contribution is 2.23. The molecule has 1 amide bonds. The van der Waals surface area contributed by atoms with Crippen molar-refractivity contribution in [2.24, 2.45) is 5.73 Å². The van der Waals surface area contributed by atoms with E-state index in [1.165, 1.54) is 6.07 Å². The third-order valence-electron chi connectivity index (χ3n) is 3.25. The quantitative estimate of drug-likeness (QED) is 0.812. The van der Waals surface area contributed by atoms with Crippen LogP contribution in [0.1, 0.15) is 21.5 Å². The Bertz CT molecular complexity index is 658. The average molecular weight is 319 g/mol. The van der Waals surface area contributed by atoms with Gasteiger partial charge in [0, 0.05) is 0 Å². The highest BCUT2D eigenvalue weighted by Gasteiger charge is 2.15. The summed E-state index contributed by atoms with van der Waals surface area (Å²) in [5.74, 6) is 0.198. The van der Waals surface area contributed by atoms with Crippen molar-refractivity contribution in [3.63, 3.8) is 0 Å². The highest BCUT2D eigenvalue weighted by molar-refractivity contribution is 5.97. The topological polar surface area (TPSA) is 70.8 Å². The third-order valence-corrected chi connectivity index (χ3v) is 3.25. The summed E-state index contributed by atoms with van der Waals surface area (Å²) in [5.41, 5.74) is 7.00. The van der Waals surface area contributed by atoms with Crippen molar-refractivity contribution in [1.82, 2.24) is 0 Å². The first-order chi connectivity index (χ1) is 11.2. The molecule has 6 heteroatoms. The van der Waals surface area contributed by atoms with Crippen LogP contribution >= 0.6 is 0 Å². The average Bonchev–Trinajstić information content (AvgIpc) is 2.55. The summed E-state index contributed by atoms with van der Waals surface area (Å²) in [6, 6.07) is 12.3. The second-order valence-electron chi connectivity index (χ2n) is 4.75. The van der Waals surface area contributed by atoms with Crippen molar-refractivity contribution in [3.05, 3.63) is 59.2 Å². The van der Waals surface area contributed by atoms with Crippen LogP contribution in [0.2, 0.25) is 0 Å². The predicted molar refractivity (Wildman–Crippen MR) is 83.0 cm³/mol. The molecule has 0 bridgehead atoms. The molecule has 2 aromatic carbocycles. The summed E-state index contributed by atoms with van der Waals surface area (Å²) in [5, 5.41) is 0. The second kappa shape index (κ2) is 8.14. The molecule has 0 heterocycles. The van der Waals surface area contributed by atoms with Gasteiger partial charge in [0.05, 0.1) is 25.9 Å². The maximum atomic E-state index is 12.4. The fourth-order valence-electron chi connectivity index (χ4n) is 2.16. The van der Waals surface area contributed by atoms with Gasteiger partial charge in [-0.2, -0.15) is 0 Å². The Morgan fingerprint density at radius 2 is 1.87 bits per heavy atom. The Labute approximate surface area is 133 Å². The first-order valence-corrected chi connectivity index (χ1v) is 6.97. The zero-order valence-electron chi connectivity index (χ0n) is 12.8. The molecule has 5 nitrogen and oxygen atoms in total. The number of primary amides is 1. The van der Waals surface area contributed by atoms with Crippen molar-refractivity contribution in [2.75, 3.05) is 14.0 Å². The Morgan fingerprint density at radius 3 is 2.48 bits per heavy atom. The first-order valence-electron chi connectivity index (χ1n) is 6.97. The molecule has 0 saturated heterocycles. The standard InChI is InChI=1S/C17H18FNO4/c1-21-14-7-5-12(6-8-14)9-22-10-13-3-2-4-15(23-11-18)16(13)17(19)20/h2-8H,9-11H2,1H3,(H2,19,20). The summed E-state index contributed by atoms with van der Waals surface area (Å²) in [4.78, 5) is 11.6. The van der Waals surface area contributed by atoms with Crippen LogP contribution in [0.4, 0.5) is 4.39 Å². The van der Waals surface area contributed by atoms with Crippen LogP contribution < -0.4 is 15.2 Å². The lowest BCUT2D eigenvalue weighted by Crippen LogP contribution is -2.16. The highest BCUT2D eigenvalue weighted by atomic mass is 19.1. The van der Waals surface area contributed by atoms with Crippen LogP contribution in [0.3, 0.4) is 0 Å². The van der Waals surface area contributed by atoms with Gasteiger partial charge < -0.3 is 19.9 Å². The molecule has 2 aromatic rings. The second-order valence-corrected chi connectivity index (χ2v) is 4.75. The minimum absolute atomic E-state index is 0.116. The van der Waals surface area contributed by atoms with E-state index in [4.69, 9.17) is 19.9 Å². The summed E-state index contributed by atoms with van der Waals surface area (Å²) in [7, 11) is 1.60. The largest absolute Gasteiger partial charge is 0.497 e.